The molecule has 0 fully saturated rings. The number of thiocarbonyl (C=S) groups is 1. The summed E-state index contributed by atoms with van der Waals surface area (Å²) in [4.78, 5) is 0. The molecule has 0 atom stereocenters. The highest BCUT2D eigenvalue weighted by molar-refractivity contribution is 7.88. The van der Waals surface area contributed by atoms with Crippen molar-refractivity contribution in [1.29, 1.82) is 0 Å². The first kappa shape index (κ1) is 10.6. The molecule has 0 heterocycles. The first-order chi connectivity index (χ1) is 4.92. The second-order valence-electron chi connectivity index (χ2n) is 1.96. The first-order valence-electron chi connectivity index (χ1n) is 2.90. The van der Waals surface area contributed by atoms with Crippen molar-refractivity contribution in [2.24, 2.45) is 5.73 Å². The summed E-state index contributed by atoms with van der Waals surface area (Å²) in [6, 6.07) is 0. The molecular formula is C4H11N3O2S2. The Kier molecular flexibility index (Phi) is 4.31. The minimum absolute atomic E-state index is 0.167. The third kappa shape index (κ3) is 9.60. The summed E-state index contributed by atoms with van der Waals surface area (Å²) < 4.78 is 23.2. The van der Waals surface area contributed by atoms with Gasteiger partial charge in [0.15, 0.2) is 5.11 Å². The van der Waals surface area contributed by atoms with Crippen molar-refractivity contribution in [3.8, 4) is 0 Å². The van der Waals surface area contributed by atoms with E-state index in [1.165, 1.54) is 0 Å². The zero-order chi connectivity index (χ0) is 8.91. The van der Waals surface area contributed by atoms with Crippen molar-refractivity contribution in [1.82, 2.24) is 10.0 Å². The Bertz CT molecular complexity index is 223. The molecule has 0 unspecified atom stereocenters. The fraction of sp³-hybridized carbons (Fsp3) is 0.750. The van der Waals surface area contributed by atoms with E-state index in [-0.39, 0.29) is 11.7 Å². The number of nitrogens with two attached hydrogens (primary N) is 1. The standard InChI is InChI=1S/C4H11N3O2S2/c1-11(8,9)7-3-2-6-4(5)10/h7H,2-3H2,1H3,(H3,5,6,10). The Labute approximate surface area is 71.4 Å². The van der Waals surface area contributed by atoms with Crippen LogP contribution in [0.4, 0.5) is 0 Å². The number of rotatable bonds is 4. The highest BCUT2D eigenvalue weighted by Gasteiger charge is 1.97. The minimum Gasteiger partial charge on any atom is -0.376 e. The number of nitrogens with one attached hydrogen (secondary N) is 2. The Morgan fingerprint density at radius 3 is 2.45 bits per heavy atom. The smallest absolute Gasteiger partial charge is 0.208 e. The SMILES string of the molecule is CS(=O)(=O)NCCNC(N)=S. The van der Waals surface area contributed by atoms with Crippen LogP contribution in [0.15, 0.2) is 0 Å². The number of hydrogen-bond donors (Lipinski definition) is 3. The zero-order valence-corrected chi connectivity index (χ0v) is 7.76. The lowest BCUT2D eigenvalue weighted by Gasteiger charge is -2.03. The lowest BCUT2D eigenvalue weighted by Crippen LogP contribution is -2.36. The lowest BCUT2D eigenvalue weighted by atomic mass is 10.7. The second-order valence-corrected chi connectivity index (χ2v) is 4.23. The van der Waals surface area contributed by atoms with Crippen molar-refractivity contribution < 1.29 is 8.42 Å². The van der Waals surface area contributed by atoms with Gasteiger partial charge in [-0.1, -0.05) is 0 Å². The van der Waals surface area contributed by atoms with Gasteiger partial charge in [-0.2, -0.15) is 0 Å². The van der Waals surface area contributed by atoms with Gasteiger partial charge in [-0.05, 0) is 12.2 Å². The lowest BCUT2D eigenvalue weighted by molar-refractivity contribution is 0.587. The van der Waals surface area contributed by atoms with E-state index in [0.717, 1.165) is 6.26 Å². The van der Waals surface area contributed by atoms with Crippen molar-refractivity contribution in [2.45, 2.75) is 0 Å². The maximum Gasteiger partial charge on any atom is 0.208 e. The maximum atomic E-state index is 10.5. The van der Waals surface area contributed by atoms with Gasteiger partial charge in [0.1, 0.15) is 0 Å². The summed E-state index contributed by atoms with van der Waals surface area (Å²) in [6.45, 7) is 0.693. The van der Waals surface area contributed by atoms with Gasteiger partial charge in [0.25, 0.3) is 0 Å². The highest BCUT2D eigenvalue weighted by atomic mass is 32.2. The van der Waals surface area contributed by atoms with E-state index >= 15 is 0 Å². The van der Waals surface area contributed by atoms with Crippen molar-refractivity contribution >= 4 is 27.4 Å². The molecule has 0 spiro atoms. The second kappa shape index (κ2) is 4.47. The predicted octanol–water partition coefficient (Wildman–Crippen LogP) is -1.63. The van der Waals surface area contributed by atoms with Crippen molar-refractivity contribution in [3.63, 3.8) is 0 Å². The molecule has 0 aromatic heterocycles. The molecule has 0 aromatic carbocycles. The average molecular weight is 197 g/mol. The molecule has 0 aliphatic heterocycles. The van der Waals surface area contributed by atoms with Gasteiger partial charge in [-0.15, -0.1) is 0 Å². The van der Waals surface area contributed by atoms with Crippen LogP contribution in [0, 0.1) is 0 Å². The van der Waals surface area contributed by atoms with Crippen LogP contribution in [-0.2, 0) is 10.0 Å². The van der Waals surface area contributed by atoms with Crippen LogP contribution in [-0.4, -0.2) is 32.9 Å². The fourth-order valence-electron chi connectivity index (χ4n) is 0.422. The molecule has 0 saturated carbocycles. The molecular weight excluding hydrogens is 186 g/mol. The molecule has 7 heteroatoms. The Balaban J connectivity index is 3.37. The molecule has 0 radical (unpaired) electrons. The molecule has 0 aromatic rings. The summed E-state index contributed by atoms with van der Waals surface area (Å²) in [5, 5.41) is 2.77. The number of hydrogen-bond acceptors (Lipinski definition) is 3. The Hall–Kier alpha value is -0.400. The fourth-order valence-corrected chi connectivity index (χ4v) is 0.997. The van der Waals surface area contributed by atoms with E-state index in [0.29, 0.717) is 6.54 Å². The van der Waals surface area contributed by atoms with Gasteiger partial charge in [-0.25, -0.2) is 13.1 Å². The van der Waals surface area contributed by atoms with E-state index in [1.807, 2.05) is 0 Å². The predicted molar refractivity (Wildman–Crippen MR) is 47.6 cm³/mol. The van der Waals surface area contributed by atoms with E-state index in [1.54, 1.807) is 0 Å². The zero-order valence-electron chi connectivity index (χ0n) is 6.12. The molecule has 0 saturated heterocycles. The summed E-state index contributed by atoms with van der Waals surface area (Å²) in [7, 11) is -3.10. The third-order valence-corrected chi connectivity index (χ3v) is 1.66. The molecule has 0 bridgehead atoms. The van der Waals surface area contributed by atoms with E-state index < -0.39 is 10.0 Å². The quantitative estimate of drug-likeness (QED) is 0.372. The van der Waals surface area contributed by atoms with Gasteiger partial charge in [-0.3, -0.25) is 0 Å². The third-order valence-electron chi connectivity index (χ3n) is 0.788. The van der Waals surface area contributed by atoms with Crippen molar-refractivity contribution in [2.75, 3.05) is 19.3 Å². The van der Waals surface area contributed by atoms with Crippen LogP contribution in [0.2, 0.25) is 0 Å². The van der Waals surface area contributed by atoms with Crippen molar-refractivity contribution in [3.05, 3.63) is 0 Å². The molecule has 0 amide bonds. The van der Waals surface area contributed by atoms with Crippen LogP contribution in [0.1, 0.15) is 0 Å². The Morgan fingerprint density at radius 2 is 2.09 bits per heavy atom. The molecule has 0 aliphatic rings. The minimum atomic E-state index is -3.10. The van der Waals surface area contributed by atoms with Crippen LogP contribution in [0.5, 0.6) is 0 Å². The van der Waals surface area contributed by atoms with Gasteiger partial charge < -0.3 is 11.1 Å². The van der Waals surface area contributed by atoms with Crippen LogP contribution < -0.4 is 15.8 Å². The molecule has 5 nitrogen and oxygen atoms in total. The average Bonchev–Trinajstić information content (AvgIpc) is 1.78. The summed E-state index contributed by atoms with van der Waals surface area (Å²) >= 11 is 4.49. The van der Waals surface area contributed by atoms with Crippen LogP contribution in [0.25, 0.3) is 0 Å². The molecule has 11 heavy (non-hydrogen) atoms. The van der Waals surface area contributed by atoms with E-state index in [4.69, 9.17) is 5.73 Å². The molecule has 4 N–H and O–H groups in total. The normalized spacial score (nSPS) is 11.0. The largest absolute Gasteiger partial charge is 0.376 e. The highest BCUT2D eigenvalue weighted by Crippen LogP contribution is 1.70. The van der Waals surface area contributed by atoms with Gasteiger partial charge >= 0.3 is 0 Å². The monoisotopic (exact) mass is 197 g/mol. The molecule has 66 valence electrons. The summed E-state index contributed by atoms with van der Waals surface area (Å²) in [5.74, 6) is 0. The van der Waals surface area contributed by atoms with Gasteiger partial charge in [0.2, 0.25) is 10.0 Å². The topological polar surface area (TPSA) is 84.2 Å². The van der Waals surface area contributed by atoms with E-state index in [9.17, 15) is 8.42 Å². The molecule has 0 aliphatic carbocycles. The summed E-state index contributed by atoms with van der Waals surface area (Å²) in [6.07, 6.45) is 1.09. The van der Waals surface area contributed by atoms with E-state index in [2.05, 4.69) is 22.3 Å². The maximum absolute atomic E-state index is 10.5. The van der Waals surface area contributed by atoms with Gasteiger partial charge in [0.05, 0.1) is 6.26 Å². The first-order valence-corrected chi connectivity index (χ1v) is 5.20. The molecule has 0 rings (SSSR count). The van der Waals surface area contributed by atoms with Crippen LogP contribution >= 0.6 is 12.2 Å². The Morgan fingerprint density at radius 1 is 1.55 bits per heavy atom. The van der Waals surface area contributed by atoms with Crippen LogP contribution in [0.3, 0.4) is 0 Å². The summed E-state index contributed by atoms with van der Waals surface area (Å²) in [5.41, 5.74) is 5.09. The number of sulfonamides is 1. The van der Waals surface area contributed by atoms with Gasteiger partial charge in [0, 0.05) is 13.1 Å².